The zero-order chi connectivity index (χ0) is 14.3. The van der Waals surface area contributed by atoms with Crippen molar-refractivity contribution in [3.63, 3.8) is 0 Å². The van der Waals surface area contributed by atoms with E-state index in [0.717, 1.165) is 17.9 Å². The number of aromatic nitrogens is 5. The molecule has 1 N–H and O–H groups in total. The molecule has 7 heteroatoms. The van der Waals surface area contributed by atoms with Gasteiger partial charge in [0.05, 0.1) is 12.8 Å². The number of aliphatic hydroxyl groups excluding tert-OH is 1. The number of ether oxygens (including phenoxy) is 1. The van der Waals surface area contributed by atoms with Gasteiger partial charge in [-0.2, -0.15) is 14.6 Å². The Morgan fingerprint density at radius 1 is 1.35 bits per heavy atom. The smallest absolute Gasteiger partial charge is 0.318 e. The van der Waals surface area contributed by atoms with Gasteiger partial charge in [0.25, 0.3) is 0 Å². The Kier molecular flexibility index (Phi) is 3.13. The minimum Gasteiger partial charge on any atom is -0.467 e. The molecule has 0 aromatic carbocycles. The Morgan fingerprint density at radius 3 is 2.70 bits per heavy atom. The SMILES string of the molecule is COc1nc([C@H]2C[C@@H]2CO)cc(-n2nc(C)nc2C)n1. The maximum absolute atomic E-state index is 9.20. The molecule has 0 radical (unpaired) electrons. The van der Waals surface area contributed by atoms with Gasteiger partial charge in [0.2, 0.25) is 0 Å². The van der Waals surface area contributed by atoms with Gasteiger partial charge in [-0.15, -0.1) is 5.10 Å². The maximum atomic E-state index is 9.20. The maximum Gasteiger partial charge on any atom is 0.318 e. The second-order valence-corrected chi connectivity index (χ2v) is 5.04. The van der Waals surface area contributed by atoms with Crippen LogP contribution in [0.2, 0.25) is 0 Å². The first kappa shape index (κ1) is 13.0. The van der Waals surface area contributed by atoms with Crippen molar-refractivity contribution < 1.29 is 9.84 Å². The Bertz CT molecular complexity index is 640. The number of aliphatic hydroxyl groups is 1. The topological polar surface area (TPSA) is 86.0 Å². The summed E-state index contributed by atoms with van der Waals surface area (Å²) in [4.78, 5) is 13.0. The minimum atomic E-state index is 0.188. The fourth-order valence-corrected chi connectivity index (χ4v) is 2.37. The van der Waals surface area contributed by atoms with Gasteiger partial charge < -0.3 is 9.84 Å². The van der Waals surface area contributed by atoms with Crippen LogP contribution in [0.3, 0.4) is 0 Å². The summed E-state index contributed by atoms with van der Waals surface area (Å²) < 4.78 is 6.84. The molecule has 2 aromatic rings. The zero-order valence-corrected chi connectivity index (χ0v) is 11.7. The van der Waals surface area contributed by atoms with Crippen molar-refractivity contribution in [3.05, 3.63) is 23.4 Å². The van der Waals surface area contributed by atoms with E-state index in [0.29, 0.717) is 23.6 Å². The molecule has 2 heterocycles. The van der Waals surface area contributed by atoms with Crippen molar-refractivity contribution in [1.82, 2.24) is 24.7 Å². The van der Waals surface area contributed by atoms with E-state index in [-0.39, 0.29) is 12.5 Å². The molecular formula is C13H17N5O2. The molecule has 0 aliphatic heterocycles. The normalized spacial score (nSPS) is 21.0. The summed E-state index contributed by atoms with van der Waals surface area (Å²) >= 11 is 0. The molecular weight excluding hydrogens is 258 g/mol. The molecule has 1 fully saturated rings. The van der Waals surface area contributed by atoms with Crippen LogP contribution in [0.5, 0.6) is 6.01 Å². The molecule has 0 unspecified atom stereocenters. The van der Waals surface area contributed by atoms with Crippen LogP contribution in [-0.4, -0.2) is 43.6 Å². The lowest BCUT2D eigenvalue weighted by atomic mass is 10.2. The Labute approximate surface area is 116 Å². The van der Waals surface area contributed by atoms with Crippen LogP contribution in [0.1, 0.15) is 29.7 Å². The van der Waals surface area contributed by atoms with Crippen molar-refractivity contribution in [2.45, 2.75) is 26.2 Å². The standard InChI is InChI=1S/C13H17N5O2/c1-7-14-8(2)18(17-7)12-5-11(10-4-9(10)6-19)15-13(16-12)20-3/h5,9-10,19H,4,6H2,1-3H3/t9-,10+/m1/s1. The number of methoxy groups -OCH3 is 1. The molecule has 2 atom stereocenters. The lowest BCUT2D eigenvalue weighted by molar-refractivity contribution is 0.273. The van der Waals surface area contributed by atoms with Crippen molar-refractivity contribution in [3.8, 4) is 11.8 Å². The van der Waals surface area contributed by atoms with Gasteiger partial charge in [0.1, 0.15) is 11.6 Å². The predicted molar refractivity (Wildman–Crippen MR) is 70.9 cm³/mol. The minimum absolute atomic E-state index is 0.188. The third-order valence-corrected chi connectivity index (χ3v) is 3.52. The molecule has 3 rings (SSSR count). The van der Waals surface area contributed by atoms with Gasteiger partial charge in [-0.05, 0) is 26.2 Å². The van der Waals surface area contributed by atoms with E-state index in [1.165, 1.54) is 0 Å². The van der Waals surface area contributed by atoms with E-state index in [1.807, 2.05) is 19.9 Å². The predicted octanol–water partition coefficient (Wildman–Crippen LogP) is 0.779. The molecule has 20 heavy (non-hydrogen) atoms. The quantitative estimate of drug-likeness (QED) is 0.887. The highest BCUT2D eigenvalue weighted by Crippen LogP contribution is 2.46. The summed E-state index contributed by atoms with van der Waals surface area (Å²) in [5.74, 6) is 2.68. The van der Waals surface area contributed by atoms with Crippen LogP contribution in [0.15, 0.2) is 6.07 Å². The molecule has 1 aliphatic rings. The summed E-state index contributed by atoms with van der Waals surface area (Å²) in [6.07, 6.45) is 0.950. The number of rotatable bonds is 4. The first-order valence-corrected chi connectivity index (χ1v) is 6.57. The van der Waals surface area contributed by atoms with Gasteiger partial charge in [-0.1, -0.05) is 0 Å². The average Bonchev–Trinajstić information content (AvgIpc) is 3.16. The fourth-order valence-electron chi connectivity index (χ4n) is 2.37. The molecule has 106 valence electrons. The van der Waals surface area contributed by atoms with Crippen molar-refractivity contribution in [2.75, 3.05) is 13.7 Å². The molecule has 0 amide bonds. The van der Waals surface area contributed by atoms with Gasteiger partial charge in [-0.3, -0.25) is 0 Å². The van der Waals surface area contributed by atoms with E-state index in [4.69, 9.17) is 4.74 Å². The average molecular weight is 275 g/mol. The molecule has 2 aromatic heterocycles. The first-order chi connectivity index (χ1) is 9.62. The highest BCUT2D eigenvalue weighted by Gasteiger charge is 2.39. The molecule has 1 saturated carbocycles. The summed E-state index contributed by atoms with van der Waals surface area (Å²) in [6.45, 7) is 3.90. The van der Waals surface area contributed by atoms with E-state index < -0.39 is 0 Å². The van der Waals surface area contributed by atoms with Crippen molar-refractivity contribution >= 4 is 0 Å². The van der Waals surface area contributed by atoms with Gasteiger partial charge in [0.15, 0.2) is 5.82 Å². The third kappa shape index (κ3) is 2.24. The Hall–Kier alpha value is -2.02. The summed E-state index contributed by atoms with van der Waals surface area (Å²) in [5.41, 5.74) is 0.887. The lowest BCUT2D eigenvalue weighted by Crippen LogP contribution is -2.07. The summed E-state index contributed by atoms with van der Waals surface area (Å²) in [7, 11) is 1.54. The zero-order valence-electron chi connectivity index (χ0n) is 11.7. The van der Waals surface area contributed by atoms with Crippen LogP contribution >= 0.6 is 0 Å². The number of nitrogens with zero attached hydrogens (tertiary/aromatic N) is 5. The van der Waals surface area contributed by atoms with Gasteiger partial charge in [-0.25, -0.2) is 4.98 Å². The number of hydrogen-bond donors (Lipinski definition) is 1. The lowest BCUT2D eigenvalue weighted by Gasteiger charge is -2.07. The van der Waals surface area contributed by atoms with Gasteiger partial charge in [0, 0.05) is 18.6 Å². The highest BCUT2D eigenvalue weighted by molar-refractivity contribution is 5.31. The van der Waals surface area contributed by atoms with E-state index >= 15 is 0 Å². The summed E-state index contributed by atoms with van der Waals surface area (Å²) in [5, 5.41) is 13.5. The van der Waals surface area contributed by atoms with Crippen LogP contribution in [0.25, 0.3) is 5.82 Å². The highest BCUT2D eigenvalue weighted by atomic mass is 16.5. The molecule has 7 nitrogen and oxygen atoms in total. The fraction of sp³-hybridized carbons (Fsp3) is 0.538. The molecule has 1 aliphatic carbocycles. The third-order valence-electron chi connectivity index (χ3n) is 3.52. The first-order valence-electron chi connectivity index (χ1n) is 6.57. The van der Waals surface area contributed by atoms with E-state index in [9.17, 15) is 5.11 Å². The second-order valence-electron chi connectivity index (χ2n) is 5.04. The Morgan fingerprint density at radius 2 is 2.15 bits per heavy atom. The second kappa shape index (κ2) is 4.82. The number of hydrogen-bond acceptors (Lipinski definition) is 6. The van der Waals surface area contributed by atoms with Crippen LogP contribution in [-0.2, 0) is 0 Å². The van der Waals surface area contributed by atoms with Crippen LogP contribution in [0.4, 0.5) is 0 Å². The van der Waals surface area contributed by atoms with Crippen LogP contribution in [0, 0.1) is 19.8 Å². The van der Waals surface area contributed by atoms with Crippen LogP contribution < -0.4 is 4.74 Å². The van der Waals surface area contributed by atoms with Crippen molar-refractivity contribution in [2.24, 2.45) is 5.92 Å². The molecule has 0 saturated heterocycles. The van der Waals surface area contributed by atoms with E-state index in [2.05, 4.69) is 20.1 Å². The largest absolute Gasteiger partial charge is 0.467 e. The summed E-state index contributed by atoms with van der Waals surface area (Å²) in [6, 6.07) is 2.21. The monoisotopic (exact) mass is 275 g/mol. The molecule has 0 bridgehead atoms. The van der Waals surface area contributed by atoms with E-state index in [1.54, 1.807) is 11.8 Å². The number of aryl methyl sites for hydroxylation is 2. The molecule has 0 spiro atoms. The van der Waals surface area contributed by atoms with Gasteiger partial charge >= 0.3 is 6.01 Å². The van der Waals surface area contributed by atoms with Crippen molar-refractivity contribution in [1.29, 1.82) is 0 Å². The Balaban J connectivity index is 2.02.